The van der Waals surface area contributed by atoms with Gasteiger partial charge in [-0.3, -0.25) is 14.6 Å². The molecule has 0 saturated carbocycles. The molecule has 8 nitrogen and oxygen atoms in total. The van der Waals surface area contributed by atoms with E-state index in [1.807, 2.05) is 0 Å². The Morgan fingerprint density at radius 3 is 2.10 bits per heavy atom. The van der Waals surface area contributed by atoms with E-state index < -0.39 is 26.5 Å². The SMILES string of the molecule is CCCCCC=CCC=CCCCCCCCC(=O)OCC(COP(=O)(O)O)OO. The average molecular weight is 451 g/mol. The molecule has 0 bridgehead atoms. The summed E-state index contributed by atoms with van der Waals surface area (Å²) in [6.45, 7) is 1.29. The average Bonchev–Trinajstić information content (AvgIpc) is 2.70. The third kappa shape index (κ3) is 21.7. The first kappa shape index (κ1) is 29.0. The highest BCUT2D eigenvalue weighted by molar-refractivity contribution is 7.46. The molecule has 3 N–H and O–H groups in total. The number of phosphoric acid groups is 1. The van der Waals surface area contributed by atoms with Crippen molar-refractivity contribution in [3.63, 3.8) is 0 Å². The lowest BCUT2D eigenvalue weighted by Gasteiger charge is -2.14. The Kier molecular flexibility index (Phi) is 19.2. The number of hydrogen-bond acceptors (Lipinski definition) is 6. The van der Waals surface area contributed by atoms with Crippen LogP contribution in [0.4, 0.5) is 0 Å². The third-order valence-electron chi connectivity index (χ3n) is 4.34. The van der Waals surface area contributed by atoms with E-state index >= 15 is 0 Å². The van der Waals surface area contributed by atoms with Gasteiger partial charge in [0.1, 0.15) is 6.61 Å². The molecule has 0 aromatic heterocycles. The van der Waals surface area contributed by atoms with Gasteiger partial charge < -0.3 is 14.5 Å². The maximum Gasteiger partial charge on any atom is 0.469 e. The van der Waals surface area contributed by atoms with Crippen LogP contribution < -0.4 is 0 Å². The number of hydrogen-bond donors (Lipinski definition) is 3. The Morgan fingerprint density at radius 1 is 0.900 bits per heavy atom. The van der Waals surface area contributed by atoms with E-state index in [0.29, 0.717) is 6.42 Å². The quantitative estimate of drug-likeness (QED) is 0.0569. The Balaban J connectivity index is 3.53. The summed E-state index contributed by atoms with van der Waals surface area (Å²) in [5, 5.41) is 8.62. The minimum atomic E-state index is -4.67. The van der Waals surface area contributed by atoms with E-state index in [2.05, 4.69) is 40.6 Å². The van der Waals surface area contributed by atoms with E-state index in [4.69, 9.17) is 19.8 Å². The second-order valence-corrected chi connectivity index (χ2v) is 8.42. The zero-order valence-electron chi connectivity index (χ0n) is 18.1. The number of carbonyl (C=O) groups is 1. The molecular formula is C21H39O8P. The highest BCUT2D eigenvalue weighted by Gasteiger charge is 2.20. The summed E-state index contributed by atoms with van der Waals surface area (Å²) in [6, 6.07) is 0. The van der Waals surface area contributed by atoms with Crippen molar-refractivity contribution in [3.05, 3.63) is 24.3 Å². The van der Waals surface area contributed by atoms with Gasteiger partial charge in [-0.05, 0) is 38.5 Å². The fourth-order valence-corrected chi connectivity index (χ4v) is 2.99. The van der Waals surface area contributed by atoms with Gasteiger partial charge >= 0.3 is 13.8 Å². The summed E-state index contributed by atoms with van der Waals surface area (Å²) >= 11 is 0. The number of allylic oxidation sites excluding steroid dienone is 4. The lowest BCUT2D eigenvalue weighted by molar-refractivity contribution is -0.290. The summed E-state index contributed by atoms with van der Waals surface area (Å²) in [5.74, 6) is -0.445. The van der Waals surface area contributed by atoms with Crippen molar-refractivity contribution in [2.45, 2.75) is 90.1 Å². The van der Waals surface area contributed by atoms with E-state index in [0.717, 1.165) is 38.5 Å². The first-order valence-electron chi connectivity index (χ1n) is 10.8. The highest BCUT2D eigenvalue weighted by Crippen LogP contribution is 2.35. The number of rotatable bonds is 20. The van der Waals surface area contributed by atoms with Crippen molar-refractivity contribution in [2.75, 3.05) is 13.2 Å². The standard InChI is InChI=1S/C21H39O8P/c1-2-3-4-5-6-7-8-9-10-11-12-13-14-15-16-17-21(22)27-18-20(29-23)19-28-30(24,25)26/h6-7,9-10,20,23H,2-5,8,11-19H2,1H3,(H2,24,25,26). The number of phosphoric ester groups is 1. The molecule has 0 rings (SSSR count). The van der Waals surface area contributed by atoms with Crippen LogP contribution in [0, 0.1) is 0 Å². The predicted octanol–water partition coefficient (Wildman–Crippen LogP) is 5.31. The Labute approximate surface area is 180 Å². The molecule has 0 radical (unpaired) electrons. The molecule has 0 aliphatic heterocycles. The summed E-state index contributed by atoms with van der Waals surface area (Å²) in [4.78, 5) is 32.8. The Morgan fingerprint density at radius 2 is 1.50 bits per heavy atom. The summed E-state index contributed by atoms with van der Waals surface area (Å²) in [7, 11) is -4.67. The van der Waals surface area contributed by atoms with Crippen LogP contribution in [0.1, 0.15) is 84.0 Å². The number of unbranched alkanes of at least 4 members (excludes halogenated alkanes) is 8. The molecule has 30 heavy (non-hydrogen) atoms. The molecule has 0 spiro atoms. The van der Waals surface area contributed by atoms with Crippen LogP contribution in [0.5, 0.6) is 0 Å². The van der Waals surface area contributed by atoms with Gasteiger partial charge in [0.05, 0.1) is 6.61 Å². The molecule has 0 heterocycles. The third-order valence-corrected chi connectivity index (χ3v) is 4.82. The molecule has 1 atom stereocenters. The van der Waals surface area contributed by atoms with Gasteiger partial charge in [-0.25, -0.2) is 9.45 Å². The van der Waals surface area contributed by atoms with Crippen molar-refractivity contribution in [2.24, 2.45) is 0 Å². The number of ether oxygens (including phenoxy) is 1. The van der Waals surface area contributed by atoms with Gasteiger partial charge in [0.15, 0.2) is 6.10 Å². The monoisotopic (exact) mass is 450 g/mol. The second kappa shape index (κ2) is 19.9. The molecule has 0 aromatic carbocycles. The van der Waals surface area contributed by atoms with Crippen LogP contribution in [0.2, 0.25) is 0 Å². The van der Waals surface area contributed by atoms with E-state index in [1.165, 1.54) is 25.7 Å². The summed E-state index contributed by atoms with van der Waals surface area (Å²) < 4.78 is 19.7. The maximum absolute atomic E-state index is 11.6. The lowest BCUT2D eigenvalue weighted by Crippen LogP contribution is -2.25. The fourth-order valence-electron chi connectivity index (χ4n) is 2.63. The van der Waals surface area contributed by atoms with Crippen molar-refractivity contribution in [1.82, 2.24) is 0 Å². The number of carbonyl (C=O) groups excluding carboxylic acids is 1. The van der Waals surface area contributed by atoms with Crippen LogP contribution in [0.25, 0.3) is 0 Å². The van der Waals surface area contributed by atoms with Crippen molar-refractivity contribution in [3.8, 4) is 0 Å². The Bertz CT molecular complexity index is 515. The summed E-state index contributed by atoms with van der Waals surface area (Å²) in [5.41, 5.74) is 0. The van der Waals surface area contributed by atoms with Crippen molar-refractivity contribution >= 4 is 13.8 Å². The first-order valence-corrected chi connectivity index (χ1v) is 12.4. The fraction of sp³-hybridized carbons (Fsp3) is 0.762. The van der Waals surface area contributed by atoms with Crippen LogP contribution in [0.15, 0.2) is 24.3 Å². The second-order valence-electron chi connectivity index (χ2n) is 7.18. The Hall–Kier alpha value is -1.02. The van der Waals surface area contributed by atoms with Gasteiger partial charge in [-0.15, -0.1) is 0 Å². The molecule has 0 saturated heterocycles. The highest BCUT2D eigenvalue weighted by atomic mass is 31.2. The van der Waals surface area contributed by atoms with Gasteiger partial charge in [0.25, 0.3) is 0 Å². The van der Waals surface area contributed by atoms with E-state index in [9.17, 15) is 9.36 Å². The maximum atomic E-state index is 11.6. The zero-order chi connectivity index (χ0) is 22.5. The molecule has 9 heteroatoms. The molecule has 176 valence electrons. The van der Waals surface area contributed by atoms with Gasteiger partial charge in [-0.2, -0.15) is 0 Å². The predicted molar refractivity (Wildman–Crippen MR) is 116 cm³/mol. The van der Waals surface area contributed by atoms with E-state index in [1.54, 1.807) is 0 Å². The van der Waals surface area contributed by atoms with Crippen LogP contribution >= 0.6 is 7.82 Å². The van der Waals surface area contributed by atoms with Crippen LogP contribution in [-0.4, -0.2) is 40.3 Å². The van der Waals surface area contributed by atoms with Gasteiger partial charge in [0, 0.05) is 6.42 Å². The van der Waals surface area contributed by atoms with Gasteiger partial charge in [-0.1, -0.05) is 63.3 Å². The molecule has 0 aliphatic rings. The normalized spacial score (nSPS) is 13.3. The van der Waals surface area contributed by atoms with E-state index in [-0.39, 0.29) is 13.0 Å². The molecular weight excluding hydrogens is 411 g/mol. The van der Waals surface area contributed by atoms with Crippen LogP contribution in [0.3, 0.4) is 0 Å². The van der Waals surface area contributed by atoms with Crippen LogP contribution in [-0.2, 0) is 23.5 Å². The van der Waals surface area contributed by atoms with Crippen molar-refractivity contribution in [1.29, 1.82) is 0 Å². The number of esters is 1. The smallest absolute Gasteiger partial charge is 0.463 e. The minimum absolute atomic E-state index is 0.252. The largest absolute Gasteiger partial charge is 0.469 e. The van der Waals surface area contributed by atoms with Crippen molar-refractivity contribution < 1.29 is 38.6 Å². The zero-order valence-corrected chi connectivity index (χ0v) is 19.0. The molecule has 1 unspecified atom stereocenters. The van der Waals surface area contributed by atoms with Gasteiger partial charge in [0.2, 0.25) is 0 Å². The molecule has 0 fully saturated rings. The first-order chi connectivity index (χ1) is 14.4. The summed E-state index contributed by atoms with van der Waals surface area (Å²) in [6.07, 6.45) is 20.1. The lowest BCUT2D eigenvalue weighted by atomic mass is 10.1. The molecule has 0 aromatic rings. The molecule has 0 aliphatic carbocycles. The molecule has 0 amide bonds. The topological polar surface area (TPSA) is 123 Å². The minimum Gasteiger partial charge on any atom is -0.463 e.